The first-order valence-electron chi connectivity index (χ1n) is 8.48. The summed E-state index contributed by atoms with van der Waals surface area (Å²) in [5.41, 5.74) is 4.83. The van der Waals surface area contributed by atoms with Gasteiger partial charge in [0.05, 0.1) is 17.0 Å². The number of rotatable bonds is 4. The molecule has 0 unspecified atom stereocenters. The third-order valence-corrected chi connectivity index (χ3v) is 5.38. The molecule has 4 rings (SSSR count). The van der Waals surface area contributed by atoms with Crippen LogP contribution >= 0.6 is 23.4 Å². The van der Waals surface area contributed by atoms with Crippen LogP contribution in [0.5, 0.6) is 0 Å². The minimum atomic E-state index is -0.139. The third-order valence-electron chi connectivity index (χ3n) is 4.40. The van der Waals surface area contributed by atoms with E-state index in [9.17, 15) is 4.79 Å². The first-order valence-corrected chi connectivity index (χ1v) is 10.1. The van der Waals surface area contributed by atoms with Crippen LogP contribution in [0.2, 0.25) is 5.02 Å². The zero-order chi connectivity index (χ0) is 18.8. The molecular weight excluding hydrogens is 376 g/mol. The highest BCUT2D eigenvalue weighted by Crippen LogP contribution is 2.38. The van der Waals surface area contributed by atoms with E-state index in [1.807, 2.05) is 54.8 Å². The maximum Gasteiger partial charge on any atom is 0.258 e. The standard InChI is InChI=1S/C22H17ClN2OS/c1-27-17-10-8-16(9-11-17)24-21(14-5-3-2-4-6-14)20-18-12-7-15(23)13-19(18)25-22(20)26/h2-13,24H,1H3,(H,25,26). The third kappa shape index (κ3) is 3.59. The molecule has 27 heavy (non-hydrogen) atoms. The summed E-state index contributed by atoms with van der Waals surface area (Å²) in [6.07, 6.45) is 2.05. The average molecular weight is 393 g/mol. The van der Waals surface area contributed by atoms with Crippen molar-refractivity contribution in [3.05, 3.63) is 88.9 Å². The second-order valence-electron chi connectivity index (χ2n) is 6.11. The molecule has 1 heterocycles. The van der Waals surface area contributed by atoms with Gasteiger partial charge < -0.3 is 10.6 Å². The first-order chi connectivity index (χ1) is 13.2. The molecule has 0 fully saturated rings. The van der Waals surface area contributed by atoms with Gasteiger partial charge in [0.25, 0.3) is 5.91 Å². The van der Waals surface area contributed by atoms with Gasteiger partial charge in [0.15, 0.2) is 0 Å². The molecule has 0 saturated carbocycles. The van der Waals surface area contributed by atoms with Crippen LogP contribution in [0, 0.1) is 0 Å². The van der Waals surface area contributed by atoms with E-state index in [2.05, 4.69) is 22.8 Å². The number of anilines is 2. The number of halogens is 1. The largest absolute Gasteiger partial charge is 0.354 e. The van der Waals surface area contributed by atoms with Crippen molar-refractivity contribution >= 4 is 51.9 Å². The predicted octanol–water partition coefficient (Wildman–Crippen LogP) is 5.99. The summed E-state index contributed by atoms with van der Waals surface area (Å²) in [5.74, 6) is -0.139. The van der Waals surface area contributed by atoms with Crippen molar-refractivity contribution < 1.29 is 4.79 Å². The maximum atomic E-state index is 12.8. The van der Waals surface area contributed by atoms with E-state index < -0.39 is 0 Å². The average Bonchev–Trinajstić information content (AvgIpc) is 3.02. The molecule has 0 aromatic heterocycles. The van der Waals surface area contributed by atoms with Crippen LogP contribution in [0.25, 0.3) is 11.3 Å². The van der Waals surface area contributed by atoms with Crippen molar-refractivity contribution in [2.75, 3.05) is 16.9 Å². The van der Waals surface area contributed by atoms with Crippen LogP contribution in [0.3, 0.4) is 0 Å². The molecule has 2 N–H and O–H groups in total. The fraction of sp³-hybridized carbons (Fsp3) is 0.0455. The molecule has 1 aliphatic rings. The van der Waals surface area contributed by atoms with Crippen molar-refractivity contribution in [3.63, 3.8) is 0 Å². The van der Waals surface area contributed by atoms with Crippen LogP contribution in [0.4, 0.5) is 11.4 Å². The summed E-state index contributed by atoms with van der Waals surface area (Å²) >= 11 is 7.78. The Hall–Kier alpha value is -2.69. The molecule has 1 aliphatic heterocycles. The lowest BCUT2D eigenvalue weighted by Gasteiger charge is -2.15. The smallest absolute Gasteiger partial charge is 0.258 e. The van der Waals surface area contributed by atoms with E-state index in [0.717, 1.165) is 28.2 Å². The molecule has 0 radical (unpaired) electrons. The van der Waals surface area contributed by atoms with Gasteiger partial charge in [-0.2, -0.15) is 0 Å². The van der Waals surface area contributed by atoms with Crippen molar-refractivity contribution in [1.29, 1.82) is 0 Å². The number of thioether (sulfide) groups is 1. The molecule has 3 nitrogen and oxygen atoms in total. The van der Waals surface area contributed by atoms with Gasteiger partial charge >= 0.3 is 0 Å². The predicted molar refractivity (Wildman–Crippen MR) is 115 cm³/mol. The highest BCUT2D eigenvalue weighted by molar-refractivity contribution is 7.98. The zero-order valence-corrected chi connectivity index (χ0v) is 16.2. The van der Waals surface area contributed by atoms with E-state index >= 15 is 0 Å². The van der Waals surface area contributed by atoms with Gasteiger partial charge in [-0.3, -0.25) is 4.79 Å². The van der Waals surface area contributed by atoms with Gasteiger partial charge in [-0.15, -0.1) is 11.8 Å². The van der Waals surface area contributed by atoms with Crippen LogP contribution in [0.15, 0.2) is 77.7 Å². The Morgan fingerprint density at radius 2 is 1.74 bits per heavy atom. The highest BCUT2D eigenvalue weighted by atomic mass is 35.5. The summed E-state index contributed by atoms with van der Waals surface area (Å²) in [6.45, 7) is 0. The Labute approximate surface area is 167 Å². The quantitative estimate of drug-likeness (QED) is 0.423. The summed E-state index contributed by atoms with van der Waals surface area (Å²) < 4.78 is 0. The summed E-state index contributed by atoms with van der Waals surface area (Å²) in [6, 6.07) is 23.5. The number of carbonyl (C=O) groups is 1. The lowest BCUT2D eigenvalue weighted by Crippen LogP contribution is -2.10. The van der Waals surface area contributed by atoms with E-state index in [1.54, 1.807) is 23.9 Å². The van der Waals surface area contributed by atoms with Crippen LogP contribution < -0.4 is 10.6 Å². The molecule has 0 aliphatic carbocycles. The summed E-state index contributed by atoms with van der Waals surface area (Å²) in [7, 11) is 0. The second-order valence-corrected chi connectivity index (χ2v) is 7.43. The summed E-state index contributed by atoms with van der Waals surface area (Å²) in [5, 5.41) is 6.96. The Balaban J connectivity index is 1.86. The van der Waals surface area contributed by atoms with Gasteiger partial charge in [-0.25, -0.2) is 0 Å². The van der Waals surface area contributed by atoms with Gasteiger partial charge in [-0.1, -0.05) is 48.0 Å². The second kappa shape index (κ2) is 7.51. The number of amides is 1. The van der Waals surface area contributed by atoms with Crippen LogP contribution in [0.1, 0.15) is 11.1 Å². The number of hydrogen-bond acceptors (Lipinski definition) is 3. The molecule has 0 bridgehead atoms. The molecule has 1 amide bonds. The van der Waals surface area contributed by atoms with E-state index in [0.29, 0.717) is 10.6 Å². The van der Waals surface area contributed by atoms with Crippen LogP contribution in [-0.2, 0) is 4.79 Å². The van der Waals surface area contributed by atoms with Crippen molar-refractivity contribution in [3.8, 4) is 0 Å². The van der Waals surface area contributed by atoms with Gasteiger partial charge in [0, 0.05) is 21.2 Å². The zero-order valence-electron chi connectivity index (χ0n) is 14.6. The Bertz CT molecular complexity index is 1030. The van der Waals surface area contributed by atoms with E-state index in [-0.39, 0.29) is 5.91 Å². The fourth-order valence-electron chi connectivity index (χ4n) is 3.10. The molecular formula is C22H17ClN2OS. The van der Waals surface area contributed by atoms with Gasteiger partial charge in [0.1, 0.15) is 0 Å². The number of carbonyl (C=O) groups excluding carboxylic acids is 1. The molecule has 3 aromatic rings. The highest BCUT2D eigenvalue weighted by Gasteiger charge is 2.28. The van der Waals surface area contributed by atoms with Crippen molar-refractivity contribution in [2.24, 2.45) is 0 Å². The number of benzene rings is 3. The molecule has 5 heteroatoms. The topological polar surface area (TPSA) is 41.1 Å². The summed E-state index contributed by atoms with van der Waals surface area (Å²) in [4.78, 5) is 14.0. The fourth-order valence-corrected chi connectivity index (χ4v) is 3.68. The van der Waals surface area contributed by atoms with Crippen molar-refractivity contribution in [2.45, 2.75) is 4.90 Å². The number of fused-ring (bicyclic) bond motifs is 1. The first kappa shape index (κ1) is 17.7. The lowest BCUT2D eigenvalue weighted by molar-refractivity contribution is -0.110. The minimum absolute atomic E-state index is 0.139. The Morgan fingerprint density at radius 1 is 1.00 bits per heavy atom. The minimum Gasteiger partial charge on any atom is -0.354 e. The van der Waals surface area contributed by atoms with Crippen molar-refractivity contribution in [1.82, 2.24) is 0 Å². The normalized spacial score (nSPS) is 14.5. The molecule has 0 saturated heterocycles. The van der Waals surface area contributed by atoms with Gasteiger partial charge in [-0.05, 0) is 48.2 Å². The van der Waals surface area contributed by atoms with E-state index in [1.165, 1.54) is 4.90 Å². The van der Waals surface area contributed by atoms with Crippen LogP contribution in [-0.4, -0.2) is 12.2 Å². The number of nitrogens with one attached hydrogen (secondary N) is 2. The monoisotopic (exact) mass is 392 g/mol. The molecule has 134 valence electrons. The molecule has 0 spiro atoms. The van der Waals surface area contributed by atoms with E-state index in [4.69, 9.17) is 11.6 Å². The maximum absolute atomic E-state index is 12.8. The SMILES string of the molecule is CSc1ccc(NC(=C2C(=O)Nc3cc(Cl)ccc32)c2ccccc2)cc1. The molecule has 0 atom stereocenters. The molecule has 3 aromatic carbocycles. The Morgan fingerprint density at radius 3 is 2.44 bits per heavy atom. The number of hydrogen-bond donors (Lipinski definition) is 2. The Kier molecular flexibility index (Phi) is 4.92. The lowest BCUT2D eigenvalue weighted by atomic mass is 10.00. The van der Waals surface area contributed by atoms with Gasteiger partial charge in [0.2, 0.25) is 0 Å².